The molecule has 1 heterocycles. The van der Waals surface area contributed by atoms with Gasteiger partial charge in [0.25, 0.3) is 0 Å². The number of hydrogen-bond donors (Lipinski definition) is 1. The van der Waals surface area contributed by atoms with E-state index in [1.807, 2.05) is 0 Å². The third-order valence-electron chi connectivity index (χ3n) is 4.64. The summed E-state index contributed by atoms with van der Waals surface area (Å²) in [5.41, 5.74) is 2.28. The van der Waals surface area contributed by atoms with Crippen molar-refractivity contribution in [2.75, 3.05) is 5.32 Å². The molecule has 0 amide bonds. The van der Waals surface area contributed by atoms with Crippen molar-refractivity contribution < 1.29 is 4.42 Å². The van der Waals surface area contributed by atoms with E-state index in [-0.39, 0.29) is 0 Å². The molecule has 3 rings (SSSR count). The number of oxazole rings is 1. The molecule has 0 radical (unpaired) electrons. The van der Waals surface area contributed by atoms with Gasteiger partial charge in [-0.1, -0.05) is 26.2 Å². The van der Waals surface area contributed by atoms with E-state index in [0.717, 1.165) is 17.2 Å². The van der Waals surface area contributed by atoms with Crippen LogP contribution in [0.4, 0.5) is 5.69 Å². The first-order chi connectivity index (χ1) is 10.3. The number of benzene rings is 1. The van der Waals surface area contributed by atoms with Crippen LogP contribution in [0.25, 0.3) is 11.3 Å². The van der Waals surface area contributed by atoms with E-state index in [2.05, 4.69) is 41.5 Å². The van der Waals surface area contributed by atoms with E-state index < -0.39 is 0 Å². The van der Waals surface area contributed by atoms with Gasteiger partial charge in [0.1, 0.15) is 0 Å². The van der Waals surface area contributed by atoms with Gasteiger partial charge in [0, 0.05) is 17.3 Å². The van der Waals surface area contributed by atoms with Crippen LogP contribution >= 0.6 is 0 Å². The summed E-state index contributed by atoms with van der Waals surface area (Å²) >= 11 is 0. The van der Waals surface area contributed by atoms with Crippen molar-refractivity contribution in [2.24, 2.45) is 5.92 Å². The minimum absolute atomic E-state index is 0.623. The Kier molecular flexibility index (Phi) is 4.59. The van der Waals surface area contributed by atoms with Crippen molar-refractivity contribution in [3.8, 4) is 11.3 Å². The predicted molar refractivity (Wildman–Crippen MR) is 86.2 cm³/mol. The summed E-state index contributed by atoms with van der Waals surface area (Å²) in [5, 5.41) is 3.69. The third kappa shape index (κ3) is 3.66. The van der Waals surface area contributed by atoms with Gasteiger partial charge in [-0.15, -0.1) is 0 Å². The molecule has 1 aliphatic rings. The van der Waals surface area contributed by atoms with Crippen molar-refractivity contribution in [1.29, 1.82) is 0 Å². The molecule has 1 aromatic carbocycles. The molecule has 0 bridgehead atoms. The predicted octanol–water partition coefficient (Wildman–Crippen LogP) is 5.11. The maximum Gasteiger partial charge on any atom is 0.181 e. The molecule has 1 fully saturated rings. The molecule has 0 spiro atoms. The van der Waals surface area contributed by atoms with Crippen molar-refractivity contribution in [3.63, 3.8) is 0 Å². The first-order valence-electron chi connectivity index (χ1n) is 8.10. The fourth-order valence-corrected chi connectivity index (χ4v) is 3.26. The quantitative estimate of drug-likeness (QED) is 0.792. The second-order valence-corrected chi connectivity index (χ2v) is 6.07. The Balaban J connectivity index is 1.60. The lowest BCUT2D eigenvalue weighted by Crippen LogP contribution is -2.18. The number of hydrogen-bond acceptors (Lipinski definition) is 3. The van der Waals surface area contributed by atoms with Crippen LogP contribution in [0.1, 0.15) is 45.4 Å². The standard InChI is InChI=1S/C18H24N2O/c1-2-14-4-3-5-16(9-6-14)20-17-10-7-15(8-11-17)18-12-19-13-21-18/h7-8,10-14,16,20H,2-6,9H2,1H3. The summed E-state index contributed by atoms with van der Waals surface area (Å²) in [6, 6.07) is 9.08. The van der Waals surface area contributed by atoms with Gasteiger partial charge >= 0.3 is 0 Å². The Bertz CT molecular complexity index is 533. The Morgan fingerprint density at radius 2 is 2.00 bits per heavy atom. The summed E-state index contributed by atoms with van der Waals surface area (Å²) in [6.07, 6.45) is 11.3. The van der Waals surface area contributed by atoms with Crippen molar-refractivity contribution >= 4 is 5.69 Å². The fraction of sp³-hybridized carbons (Fsp3) is 0.500. The molecule has 112 valence electrons. The molecule has 0 aliphatic heterocycles. The Morgan fingerprint density at radius 3 is 2.71 bits per heavy atom. The van der Waals surface area contributed by atoms with Crippen LogP contribution in [-0.4, -0.2) is 11.0 Å². The number of rotatable bonds is 4. The molecular formula is C18H24N2O. The fourth-order valence-electron chi connectivity index (χ4n) is 3.26. The third-order valence-corrected chi connectivity index (χ3v) is 4.64. The van der Waals surface area contributed by atoms with Gasteiger partial charge < -0.3 is 9.73 Å². The molecule has 3 heteroatoms. The molecule has 2 atom stereocenters. The number of nitrogens with one attached hydrogen (secondary N) is 1. The Morgan fingerprint density at radius 1 is 1.14 bits per heavy atom. The minimum Gasteiger partial charge on any atom is -0.444 e. The minimum atomic E-state index is 0.623. The lowest BCUT2D eigenvalue weighted by atomic mass is 9.98. The normalized spacial score (nSPS) is 22.7. The summed E-state index contributed by atoms with van der Waals surface area (Å²) in [5.74, 6) is 1.76. The van der Waals surface area contributed by atoms with Crippen LogP contribution in [0, 0.1) is 5.92 Å². The molecule has 1 aliphatic carbocycles. The SMILES string of the molecule is CCC1CCCC(Nc2ccc(-c3cnco3)cc2)CC1. The summed E-state index contributed by atoms with van der Waals surface area (Å²) in [4.78, 5) is 3.96. The molecule has 0 saturated heterocycles. The number of nitrogens with zero attached hydrogens (tertiary/aromatic N) is 1. The van der Waals surface area contributed by atoms with Gasteiger partial charge in [-0.2, -0.15) is 0 Å². The van der Waals surface area contributed by atoms with Crippen LogP contribution in [0.5, 0.6) is 0 Å². The zero-order valence-corrected chi connectivity index (χ0v) is 12.7. The van der Waals surface area contributed by atoms with Gasteiger partial charge in [-0.25, -0.2) is 4.98 Å². The maximum absolute atomic E-state index is 5.32. The molecule has 1 N–H and O–H groups in total. The van der Waals surface area contributed by atoms with Crippen molar-refractivity contribution in [1.82, 2.24) is 4.98 Å². The molecule has 2 aromatic rings. The molecule has 1 aromatic heterocycles. The lowest BCUT2D eigenvalue weighted by Gasteiger charge is -2.18. The van der Waals surface area contributed by atoms with Gasteiger partial charge in [0.15, 0.2) is 12.2 Å². The second kappa shape index (κ2) is 6.79. The molecule has 1 saturated carbocycles. The van der Waals surface area contributed by atoms with Crippen molar-refractivity contribution in [2.45, 2.75) is 51.5 Å². The largest absolute Gasteiger partial charge is 0.444 e. The molecule has 3 nitrogen and oxygen atoms in total. The second-order valence-electron chi connectivity index (χ2n) is 6.07. The summed E-state index contributed by atoms with van der Waals surface area (Å²) in [6.45, 7) is 2.32. The topological polar surface area (TPSA) is 38.1 Å². The Hall–Kier alpha value is -1.77. The van der Waals surface area contributed by atoms with Gasteiger partial charge in [0.2, 0.25) is 0 Å². The van der Waals surface area contributed by atoms with E-state index in [4.69, 9.17) is 4.42 Å². The summed E-state index contributed by atoms with van der Waals surface area (Å²) < 4.78 is 5.32. The highest BCUT2D eigenvalue weighted by atomic mass is 16.3. The van der Waals surface area contributed by atoms with Gasteiger partial charge in [-0.05, 0) is 49.4 Å². The van der Waals surface area contributed by atoms with Gasteiger partial charge in [-0.3, -0.25) is 0 Å². The van der Waals surface area contributed by atoms with Crippen LogP contribution in [-0.2, 0) is 0 Å². The zero-order valence-electron chi connectivity index (χ0n) is 12.7. The maximum atomic E-state index is 5.32. The number of aromatic nitrogens is 1. The van der Waals surface area contributed by atoms with E-state index in [9.17, 15) is 0 Å². The summed E-state index contributed by atoms with van der Waals surface area (Å²) in [7, 11) is 0. The van der Waals surface area contributed by atoms with Crippen LogP contribution in [0.3, 0.4) is 0 Å². The first-order valence-corrected chi connectivity index (χ1v) is 8.10. The monoisotopic (exact) mass is 284 g/mol. The van der Waals surface area contributed by atoms with Crippen molar-refractivity contribution in [3.05, 3.63) is 36.9 Å². The van der Waals surface area contributed by atoms with Crippen LogP contribution < -0.4 is 5.32 Å². The van der Waals surface area contributed by atoms with Crippen LogP contribution in [0.15, 0.2) is 41.3 Å². The van der Waals surface area contributed by atoms with E-state index in [1.54, 1.807) is 6.20 Å². The zero-order chi connectivity index (χ0) is 14.5. The first kappa shape index (κ1) is 14.2. The Labute approximate surface area is 126 Å². The van der Waals surface area contributed by atoms with E-state index in [1.165, 1.54) is 50.6 Å². The smallest absolute Gasteiger partial charge is 0.181 e. The average Bonchev–Trinajstić information content (AvgIpc) is 2.96. The van der Waals surface area contributed by atoms with E-state index >= 15 is 0 Å². The highest BCUT2D eigenvalue weighted by Crippen LogP contribution is 2.28. The molecule has 2 unspecified atom stereocenters. The van der Waals surface area contributed by atoms with E-state index in [0.29, 0.717) is 6.04 Å². The lowest BCUT2D eigenvalue weighted by molar-refractivity contribution is 0.444. The van der Waals surface area contributed by atoms with Gasteiger partial charge in [0.05, 0.1) is 6.20 Å². The molecule has 21 heavy (non-hydrogen) atoms. The number of anilines is 1. The highest BCUT2D eigenvalue weighted by molar-refractivity contribution is 5.60. The van der Waals surface area contributed by atoms with Crippen LogP contribution in [0.2, 0.25) is 0 Å². The molecular weight excluding hydrogens is 260 g/mol. The average molecular weight is 284 g/mol. The highest BCUT2D eigenvalue weighted by Gasteiger charge is 2.17.